The Morgan fingerprint density at radius 1 is 1.42 bits per heavy atom. The molecule has 0 atom stereocenters. The molecule has 0 unspecified atom stereocenters. The van der Waals surface area contributed by atoms with Gasteiger partial charge in [-0.1, -0.05) is 11.6 Å². The van der Waals surface area contributed by atoms with Crippen molar-refractivity contribution in [3.8, 4) is 17.6 Å². The van der Waals surface area contributed by atoms with Crippen molar-refractivity contribution in [2.45, 2.75) is 6.54 Å². The maximum atomic E-state index is 9.13. The van der Waals surface area contributed by atoms with E-state index in [-0.39, 0.29) is 6.79 Å². The smallest absolute Gasteiger partial charge is 0.231 e. The van der Waals surface area contributed by atoms with Gasteiger partial charge < -0.3 is 14.8 Å². The molecule has 7 heteroatoms. The number of hydrogen-bond donors (Lipinski definition) is 1. The first-order valence-electron chi connectivity index (χ1n) is 5.44. The molecule has 19 heavy (non-hydrogen) atoms. The Labute approximate surface area is 118 Å². The molecule has 0 bridgehead atoms. The molecule has 1 aromatic heterocycles. The van der Waals surface area contributed by atoms with E-state index in [2.05, 4.69) is 16.4 Å². The van der Waals surface area contributed by atoms with Gasteiger partial charge in [0, 0.05) is 23.2 Å². The number of nitriles is 1. The molecule has 2 aromatic rings. The van der Waals surface area contributed by atoms with Crippen LogP contribution in [0.25, 0.3) is 0 Å². The van der Waals surface area contributed by atoms with Crippen LogP contribution >= 0.6 is 22.9 Å². The standard InChI is InChI=1S/C12H8ClN3O2S/c13-12-16-5-8(19-12)4-15-9-2-11-10(17-6-18-11)1-7(9)3-14/h1-2,5,15H,4,6H2. The van der Waals surface area contributed by atoms with Gasteiger partial charge in [0.1, 0.15) is 6.07 Å². The van der Waals surface area contributed by atoms with Crippen molar-refractivity contribution in [2.75, 3.05) is 12.1 Å². The second-order valence-corrected chi connectivity index (χ2v) is 5.49. The van der Waals surface area contributed by atoms with Crippen LogP contribution in [0, 0.1) is 11.3 Å². The number of halogens is 1. The van der Waals surface area contributed by atoms with E-state index >= 15 is 0 Å². The summed E-state index contributed by atoms with van der Waals surface area (Å²) in [6.45, 7) is 0.743. The van der Waals surface area contributed by atoms with Crippen molar-refractivity contribution in [1.29, 1.82) is 5.26 Å². The van der Waals surface area contributed by atoms with Crippen molar-refractivity contribution >= 4 is 28.6 Å². The minimum Gasteiger partial charge on any atom is -0.454 e. The van der Waals surface area contributed by atoms with Gasteiger partial charge in [-0.3, -0.25) is 0 Å². The second-order valence-electron chi connectivity index (χ2n) is 3.80. The van der Waals surface area contributed by atoms with E-state index < -0.39 is 0 Å². The normalized spacial score (nSPS) is 12.2. The van der Waals surface area contributed by atoms with Gasteiger partial charge in [0.2, 0.25) is 6.79 Å². The van der Waals surface area contributed by atoms with Crippen LogP contribution in [-0.2, 0) is 6.54 Å². The summed E-state index contributed by atoms with van der Waals surface area (Å²) in [6.07, 6.45) is 1.71. The Bertz CT molecular complexity index is 665. The van der Waals surface area contributed by atoms with Crippen molar-refractivity contribution in [3.05, 3.63) is 33.2 Å². The van der Waals surface area contributed by atoms with Crippen molar-refractivity contribution in [1.82, 2.24) is 4.98 Å². The summed E-state index contributed by atoms with van der Waals surface area (Å²) in [6, 6.07) is 5.57. The fourth-order valence-corrected chi connectivity index (χ4v) is 2.65. The topological polar surface area (TPSA) is 67.2 Å². The Hall–Kier alpha value is -1.97. The van der Waals surface area contributed by atoms with E-state index in [1.54, 1.807) is 18.3 Å². The zero-order valence-corrected chi connectivity index (χ0v) is 11.2. The molecule has 0 saturated carbocycles. The summed E-state index contributed by atoms with van der Waals surface area (Å²) >= 11 is 7.17. The van der Waals surface area contributed by atoms with Crippen LogP contribution in [0.15, 0.2) is 18.3 Å². The number of anilines is 1. The first kappa shape index (κ1) is 12.1. The summed E-state index contributed by atoms with van der Waals surface area (Å²) in [5.74, 6) is 1.24. The quantitative estimate of drug-likeness (QED) is 0.942. The van der Waals surface area contributed by atoms with Crippen molar-refractivity contribution in [3.63, 3.8) is 0 Å². The van der Waals surface area contributed by atoms with Crippen LogP contribution in [0.1, 0.15) is 10.4 Å². The number of hydrogen-bond acceptors (Lipinski definition) is 6. The Morgan fingerprint density at radius 2 is 2.21 bits per heavy atom. The van der Waals surface area contributed by atoms with Crippen LogP contribution in [0.5, 0.6) is 11.5 Å². The number of nitrogens with one attached hydrogen (secondary N) is 1. The average Bonchev–Trinajstić information content (AvgIpc) is 3.03. The third-order valence-electron chi connectivity index (χ3n) is 2.61. The molecule has 0 fully saturated rings. The molecule has 1 aliphatic rings. The third kappa shape index (κ3) is 2.43. The van der Waals surface area contributed by atoms with Gasteiger partial charge in [0.05, 0.1) is 17.8 Å². The molecule has 96 valence electrons. The summed E-state index contributed by atoms with van der Waals surface area (Å²) in [5, 5.41) is 12.3. The van der Waals surface area contributed by atoms with E-state index in [0.717, 1.165) is 4.88 Å². The molecule has 3 rings (SSSR count). The van der Waals surface area contributed by atoms with Crippen molar-refractivity contribution < 1.29 is 9.47 Å². The monoisotopic (exact) mass is 293 g/mol. The fraction of sp³-hybridized carbons (Fsp3) is 0.167. The van der Waals surface area contributed by atoms with E-state index in [0.29, 0.717) is 33.8 Å². The average molecular weight is 294 g/mol. The van der Waals surface area contributed by atoms with E-state index in [9.17, 15) is 0 Å². The molecule has 0 spiro atoms. The number of nitrogens with zero attached hydrogens (tertiary/aromatic N) is 2. The zero-order chi connectivity index (χ0) is 13.2. The second kappa shape index (κ2) is 4.96. The van der Waals surface area contributed by atoms with Gasteiger partial charge in [-0.25, -0.2) is 4.98 Å². The SMILES string of the molecule is N#Cc1cc2c(cc1NCc1cnc(Cl)s1)OCO2. The van der Waals surface area contributed by atoms with E-state index in [4.69, 9.17) is 26.3 Å². The van der Waals surface area contributed by atoms with E-state index in [1.807, 2.05) is 0 Å². The van der Waals surface area contributed by atoms with Crippen LogP contribution in [0.3, 0.4) is 0 Å². The lowest BCUT2D eigenvalue weighted by atomic mass is 10.1. The summed E-state index contributed by atoms with van der Waals surface area (Å²) < 4.78 is 11.0. The van der Waals surface area contributed by atoms with Crippen molar-refractivity contribution in [2.24, 2.45) is 0 Å². The van der Waals surface area contributed by atoms with Crippen LogP contribution in [-0.4, -0.2) is 11.8 Å². The van der Waals surface area contributed by atoms with E-state index in [1.165, 1.54) is 11.3 Å². The molecule has 1 N–H and O–H groups in total. The van der Waals surface area contributed by atoms with Gasteiger partial charge in [-0.05, 0) is 0 Å². The highest BCUT2D eigenvalue weighted by molar-refractivity contribution is 7.15. The van der Waals surface area contributed by atoms with Crippen LogP contribution < -0.4 is 14.8 Å². The summed E-state index contributed by atoms with van der Waals surface area (Å²) in [4.78, 5) is 4.96. The lowest BCUT2D eigenvalue weighted by Crippen LogP contribution is -1.99. The molecule has 0 aliphatic carbocycles. The van der Waals surface area contributed by atoms with Gasteiger partial charge in [-0.2, -0.15) is 5.26 Å². The largest absolute Gasteiger partial charge is 0.454 e. The first-order valence-corrected chi connectivity index (χ1v) is 6.63. The fourth-order valence-electron chi connectivity index (χ4n) is 1.73. The lowest BCUT2D eigenvalue weighted by Gasteiger charge is -2.08. The molecular weight excluding hydrogens is 286 g/mol. The number of benzene rings is 1. The Morgan fingerprint density at radius 3 is 2.89 bits per heavy atom. The highest BCUT2D eigenvalue weighted by atomic mass is 35.5. The van der Waals surface area contributed by atoms with Gasteiger partial charge >= 0.3 is 0 Å². The lowest BCUT2D eigenvalue weighted by molar-refractivity contribution is 0.174. The third-order valence-corrected chi connectivity index (χ3v) is 3.73. The number of thiazole rings is 1. The number of fused-ring (bicyclic) bond motifs is 1. The molecule has 0 saturated heterocycles. The number of rotatable bonds is 3. The molecule has 1 aromatic carbocycles. The highest BCUT2D eigenvalue weighted by Gasteiger charge is 2.17. The molecule has 2 heterocycles. The minimum atomic E-state index is 0.189. The van der Waals surface area contributed by atoms with Gasteiger partial charge in [-0.15, -0.1) is 11.3 Å². The minimum absolute atomic E-state index is 0.189. The predicted molar refractivity (Wildman–Crippen MR) is 71.7 cm³/mol. The van der Waals surface area contributed by atoms with Crippen LogP contribution in [0.2, 0.25) is 4.47 Å². The molecular formula is C12H8ClN3O2S. The summed E-state index contributed by atoms with van der Waals surface area (Å²) in [5.41, 5.74) is 1.22. The molecule has 5 nitrogen and oxygen atoms in total. The molecule has 0 amide bonds. The maximum absolute atomic E-state index is 9.13. The maximum Gasteiger partial charge on any atom is 0.231 e. The summed E-state index contributed by atoms with van der Waals surface area (Å²) in [7, 11) is 0. The highest BCUT2D eigenvalue weighted by Crippen LogP contribution is 2.37. The van der Waals surface area contributed by atoms with Gasteiger partial charge in [0.15, 0.2) is 16.0 Å². The zero-order valence-electron chi connectivity index (χ0n) is 9.64. The number of aromatic nitrogens is 1. The predicted octanol–water partition coefficient (Wildman–Crippen LogP) is 3.01. The first-order chi connectivity index (χ1) is 9.26. The molecule has 1 aliphatic heterocycles. The van der Waals surface area contributed by atoms with Gasteiger partial charge in [0.25, 0.3) is 0 Å². The number of ether oxygens (including phenoxy) is 2. The Balaban J connectivity index is 1.82. The Kier molecular flexibility index (Phi) is 3.15. The molecule has 0 radical (unpaired) electrons. The van der Waals surface area contributed by atoms with Crippen LogP contribution in [0.4, 0.5) is 5.69 Å².